The van der Waals surface area contributed by atoms with Gasteiger partial charge in [0.15, 0.2) is 6.61 Å². The maximum atomic E-state index is 12.4. The maximum absolute atomic E-state index is 12.4. The van der Waals surface area contributed by atoms with Gasteiger partial charge in [-0.1, -0.05) is 12.1 Å². The summed E-state index contributed by atoms with van der Waals surface area (Å²) >= 11 is 0. The van der Waals surface area contributed by atoms with Crippen molar-refractivity contribution in [3.8, 4) is 5.69 Å². The van der Waals surface area contributed by atoms with Gasteiger partial charge in [-0.2, -0.15) is 0 Å². The van der Waals surface area contributed by atoms with Crippen molar-refractivity contribution in [2.75, 3.05) is 11.9 Å². The molecule has 0 radical (unpaired) electrons. The third-order valence-electron chi connectivity index (χ3n) is 4.45. The highest BCUT2D eigenvalue weighted by atomic mass is 16.5. The first-order chi connectivity index (χ1) is 13.3. The third-order valence-corrected chi connectivity index (χ3v) is 4.45. The molecule has 0 aliphatic carbocycles. The van der Waals surface area contributed by atoms with Gasteiger partial charge in [0.2, 0.25) is 0 Å². The number of esters is 1. The third kappa shape index (κ3) is 4.49. The van der Waals surface area contributed by atoms with E-state index in [0.29, 0.717) is 11.3 Å². The lowest BCUT2D eigenvalue weighted by atomic mass is 10.1. The van der Waals surface area contributed by atoms with Crippen LogP contribution in [-0.2, 0) is 9.53 Å². The molecule has 0 aliphatic rings. The van der Waals surface area contributed by atoms with Crippen LogP contribution in [0.1, 0.15) is 32.9 Å². The Morgan fingerprint density at radius 1 is 0.893 bits per heavy atom. The Morgan fingerprint density at radius 3 is 2.18 bits per heavy atom. The zero-order chi connectivity index (χ0) is 20.3. The Balaban J connectivity index is 1.65. The maximum Gasteiger partial charge on any atom is 0.338 e. The van der Waals surface area contributed by atoms with Crippen LogP contribution in [0.2, 0.25) is 0 Å². The van der Waals surface area contributed by atoms with Crippen molar-refractivity contribution in [2.24, 2.45) is 0 Å². The summed E-state index contributed by atoms with van der Waals surface area (Å²) < 4.78 is 7.25. The van der Waals surface area contributed by atoms with E-state index in [2.05, 4.69) is 9.88 Å². The summed E-state index contributed by atoms with van der Waals surface area (Å²) in [6.45, 7) is 7.61. The predicted molar refractivity (Wildman–Crippen MR) is 110 cm³/mol. The number of anilines is 1. The molecule has 0 unspecified atom stereocenters. The Morgan fingerprint density at radius 2 is 1.54 bits per heavy atom. The van der Waals surface area contributed by atoms with Crippen molar-refractivity contribution >= 4 is 17.6 Å². The van der Waals surface area contributed by atoms with E-state index in [-0.39, 0.29) is 12.5 Å². The molecular formula is C23H24N2O3. The summed E-state index contributed by atoms with van der Waals surface area (Å²) in [7, 11) is 0. The first kappa shape index (κ1) is 19.4. The van der Waals surface area contributed by atoms with Crippen LogP contribution in [0.3, 0.4) is 0 Å². The minimum absolute atomic E-state index is 0.336. The van der Waals surface area contributed by atoms with E-state index < -0.39 is 5.97 Å². The molecule has 1 heterocycles. The van der Waals surface area contributed by atoms with Gasteiger partial charge in [-0.25, -0.2) is 4.79 Å². The Labute approximate surface area is 165 Å². The van der Waals surface area contributed by atoms with Gasteiger partial charge in [0.1, 0.15) is 0 Å². The van der Waals surface area contributed by atoms with Gasteiger partial charge in [0.25, 0.3) is 5.91 Å². The van der Waals surface area contributed by atoms with Crippen molar-refractivity contribution in [3.63, 3.8) is 0 Å². The number of carbonyl (C=O) groups is 2. The van der Waals surface area contributed by atoms with Gasteiger partial charge in [-0.05, 0) is 81.3 Å². The molecule has 3 rings (SSSR count). The fourth-order valence-electron chi connectivity index (χ4n) is 3.31. The fraction of sp³-hybridized carbons (Fsp3) is 0.217. The number of amides is 1. The second kappa shape index (κ2) is 8.13. The first-order valence-electron chi connectivity index (χ1n) is 9.14. The molecule has 28 heavy (non-hydrogen) atoms. The molecule has 2 aromatic carbocycles. The number of aryl methyl sites for hydroxylation is 4. The largest absolute Gasteiger partial charge is 0.452 e. The molecule has 0 bridgehead atoms. The molecule has 0 saturated carbocycles. The van der Waals surface area contributed by atoms with E-state index in [4.69, 9.17) is 4.74 Å². The van der Waals surface area contributed by atoms with Gasteiger partial charge < -0.3 is 14.6 Å². The highest BCUT2D eigenvalue weighted by Gasteiger charge is 2.13. The number of rotatable bonds is 5. The summed E-state index contributed by atoms with van der Waals surface area (Å²) in [6.07, 6.45) is 0. The Kier molecular flexibility index (Phi) is 5.64. The highest BCUT2D eigenvalue weighted by molar-refractivity contribution is 5.95. The van der Waals surface area contributed by atoms with Crippen molar-refractivity contribution in [1.82, 2.24) is 4.57 Å². The molecular weight excluding hydrogens is 352 g/mol. The van der Waals surface area contributed by atoms with Gasteiger partial charge in [-0.3, -0.25) is 4.79 Å². The van der Waals surface area contributed by atoms with E-state index in [1.807, 2.05) is 64.1 Å². The van der Waals surface area contributed by atoms with Gasteiger partial charge >= 0.3 is 5.97 Å². The molecule has 144 valence electrons. The number of benzene rings is 2. The highest BCUT2D eigenvalue weighted by Crippen LogP contribution is 2.18. The van der Waals surface area contributed by atoms with Crippen LogP contribution in [0.5, 0.6) is 0 Å². The number of nitrogens with one attached hydrogen (secondary N) is 1. The van der Waals surface area contributed by atoms with Gasteiger partial charge in [-0.15, -0.1) is 0 Å². The van der Waals surface area contributed by atoms with E-state index in [1.165, 1.54) is 0 Å². The Hall–Kier alpha value is -3.34. The molecule has 1 amide bonds. The second-order valence-corrected chi connectivity index (χ2v) is 7.00. The van der Waals surface area contributed by atoms with Crippen molar-refractivity contribution in [2.45, 2.75) is 27.7 Å². The van der Waals surface area contributed by atoms with Gasteiger partial charge in [0.05, 0.1) is 5.56 Å². The Bertz CT molecular complexity index is 994. The van der Waals surface area contributed by atoms with Crippen LogP contribution >= 0.6 is 0 Å². The average molecular weight is 376 g/mol. The zero-order valence-corrected chi connectivity index (χ0v) is 16.6. The average Bonchev–Trinajstić information content (AvgIpc) is 2.97. The summed E-state index contributed by atoms with van der Waals surface area (Å²) in [5.74, 6) is -0.897. The number of carbonyl (C=O) groups excluding carboxylic acids is 2. The van der Waals surface area contributed by atoms with E-state index in [1.54, 1.807) is 18.2 Å². The lowest BCUT2D eigenvalue weighted by molar-refractivity contribution is -0.119. The molecule has 5 heteroatoms. The fourth-order valence-corrected chi connectivity index (χ4v) is 3.31. The topological polar surface area (TPSA) is 60.3 Å². The monoisotopic (exact) mass is 376 g/mol. The first-order valence-corrected chi connectivity index (χ1v) is 9.14. The van der Waals surface area contributed by atoms with E-state index in [9.17, 15) is 9.59 Å². The predicted octanol–water partition coefficient (Wildman–Crippen LogP) is 4.51. The molecule has 3 aromatic rings. The summed E-state index contributed by atoms with van der Waals surface area (Å²) in [5.41, 5.74) is 6.25. The lowest BCUT2D eigenvalue weighted by Crippen LogP contribution is -2.21. The molecule has 0 atom stereocenters. The van der Waals surface area contributed by atoms with Gasteiger partial charge in [0, 0.05) is 22.8 Å². The van der Waals surface area contributed by atoms with E-state index in [0.717, 1.165) is 28.2 Å². The molecule has 0 saturated heterocycles. The second-order valence-electron chi connectivity index (χ2n) is 7.00. The number of hydrogen-bond acceptors (Lipinski definition) is 3. The quantitative estimate of drug-likeness (QED) is 0.667. The number of hydrogen-bond donors (Lipinski definition) is 1. The standard InChI is InChI=1S/C23H24N2O3/c1-15-10-16(2)12-20(11-15)24-22(26)14-28-23(27)19-6-5-7-21(13-19)25-17(3)8-9-18(25)4/h5-13H,14H2,1-4H3,(H,24,26). The van der Waals surface area contributed by atoms with Crippen molar-refractivity contribution < 1.29 is 14.3 Å². The van der Waals surface area contributed by atoms with Crippen LogP contribution in [0.25, 0.3) is 5.69 Å². The number of ether oxygens (including phenoxy) is 1. The number of nitrogens with zero attached hydrogens (tertiary/aromatic N) is 1. The van der Waals surface area contributed by atoms with Crippen LogP contribution in [0.4, 0.5) is 5.69 Å². The van der Waals surface area contributed by atoms with Crippen LogP contribution in [0, 0.1) is 27.7 Å². The molecule has 0 fully saturated rings. The zero-order valence-electron chi connectivity index (χ0n) is 16.6. The summed E-state index contributed by atoms with van der Waals surface area (Å²) in [4.78, 5) is 24.5. The molecule has 1 aromatic heterocycles. The van der Waals surface area contributed by atoms with Crippen LogP contribution in [0.15, 0.2) is 54.6 Å². The molecule has 5 nitrogen and oxygen atoms in total. The van der Waals surface area contributed by atoms with Crippen molar-refractivity contribution in [3.05, 3.63) is 82.7 Å². The van der Waals surface area contributed by atoms with Crippen molar-refractivity contribution in [1.29, 1.82) is 0 Å². The lowest BCUT2D eigenvalue weighted by Gasteiger charge is -2.11. The van der Waals surface area contributed by atoms with E-state index >= 15 is 0 Å². The van der Waals surface area contributed by atoms with Crippen LogP contribution < -0.4 is 5.32 Å². The van der Waals surface area contributed by atoms with Crippen LogP contribution in [-0.4, -0.2) is 23.1 Å². The SMILES string of the molecule is Cc1cc(C)cc(NC(=O)COC(=O)c2cccc(-n3c(C)ccc3C)c2)c1. The summed E-state index contributed by atoms with van der Waals surface area (Å²) in [6, 6.07) is 17.0. The summed E-state index contributed by atoms with van der Waals surface area (Å²) in [5, 5.41) is 2.76. The molecule has 1 N–H and O–H groups in total. The smallest absolute Gasteiger partial charge is 0.338 e. The molecule has 0 spiro atoms. The normalized spacial score (nSPS) is 10.6. The minimum atomic E-state index is -0.528. The number of aromatic nitrogens is 1. The molecule has 0 aliphatic heterocycles. The minimum Gasteiger partial charge on any atom is -0.452 e.